The molecule has 0 amide bonds. The van der Waals surface area contributed by atoms with E-state index in [0.29, 0.717) is 18.0 Å². The molecule has 21 heavy (non-hydrogen) atoms. The van der Waals surface area contributed by atoms with E-state index in [2.05, 4.69) is 5.32 Å². The summed E-state index contributed by atoms with van der Waals surface area (Å²) < 4.78 is 47.0. The molecule has 0 saturated carbocycles. The first-order valence-electron chi connectivity index (χ1n) is 6.25. The molecule has 8 heteroatoms. The smallest absolute Gasteiger partial charge is 0.177 e. The highest BCUT2D eigenvalue weighted by Gasteiger charge is 2.23. The summed E-state index contributed by atoms with van der Waals surface area (Å²) in [5, 5.41) is 3.11. The Morgan fingerprint density at radius 2 is 1.67 bits per heavy atom. The van der Waals surface area contributed by atoms with E-state index in [0.717, 1.165) is 12.5 Å². The molecule has 0 aliphatic heterocycles. The lowest BCUT2D eigenvalue weighted by Gasteiger charge is -2.28. The Morgan fingerprint density at radius 1 is 1.10 bits per heavy atom. The normalized spacial score (nSPS) is 13.2. The van der Waals surface area contributed by atoms with Gasteiger partial charge in [-0.3, -0.25) is 0 Å². The van der Waals surface area contributed by atoms with E-state index < -0.39 is 25.2 Å². The number of alkyl halides is 1. The van der Waals surface area contributed by atoms with Crippen LogP contribution in [0.25, 0.3) is 0 Å². The van der Waals surface area contributed by atoms with Crippen LogP contribution in [-0.4, -0.2) is 40.8 Å². The second-order valence-electron chi connectivity index (χ2n) is 5.65. The van der Waals surface area contributed by atoms with E-state index in [1.165, 1.54) is 18.2 Å². The van der Waals surface area contributed by atoms with Crippen molar-refractivity contribution in [1.82, 2.24) is 0 Å². The number of sulfone groups is 2. The van der Waals surface area contributed by atoms with Crippen LogP contribution in [0.4, 0.5) is 5.69 Å². The molecule has 1 rings (SSSR count). The molecule has 0 atom stereocenters. The predicted molar refractivity (Wildman–Crippen MR) is 85.7 cm³/mol. The van der Waals surface area contributed by atoms with Crippen molar-refractivity contribution in [2.45, 2.75) is 35.6 Å². The Balaban J connectivity index is 3.41. The fourth-order valence-electron chi connectivity index (χ4n) is 1.81. The molecule has 0 aliphatic carbocycles. The predicted octanol–water partition coefficient (Wildman–Crippen LogP) is 2.31. The van der Waals surface area contributed by atoms with Gasteiger partial charge in [0.1, 0.15) is 0 Å². The van der Waals surface area contributed by atoms with Crippen LogP contribution in [0.2, 0.25) is 0 Å². The molecular formula is C13H20ClNO4S2. The third kappa shape index (κ3) is 5.16. The van der Waals surface area contributed by atoms with Crippen molar-refractivity contribution >= 4 is 37.0 Å². The summed E-state index contributed by atoms with van der Waals surface area (Å²) in [6, 6.07) is 4.05. The van der Waals surface area contributed by atoms with Crippen molar-refractivity contribution < 1.29 is 16.8 Å². The van der Waals surface area contributed by atoms with Crippen LogP contribution < -0.4 is 5.32 Å². The zero-order chi connectivity index (χ0) is 16.5. The zero-order valence-electron chi connectivity index (χ0n) is 12.5. The van der Waals surface area contributed by atoms with Gasteiger partial charge in [0, 0.05) is 23.9 Å². The van der Waals surface area contributed by atoms with E-state index in [4.69, 9.17) is 11.6 Å². The van der Waals surface area contributed by atoms with Crippen molar-refractivity contribution in [2.75, 3.05) is 23.7 Å². The summed E-state index contributed by atoms with van der Waals surface area (Å²) in [6.45, 7) is 3.79. The van der Waals surface area contributed by atoms with Crippen molar-refractivity contribution in [2.24, 2.45) is 0 Å². The van der Waals surface area contributed by atoms with Gasteiger partial charge in [0.25, 0.3) is 0 Å². The van der Waals surface area contributed by atoms with Gasteiger partial charge in [-0.05, 0) is 38.5 Å². The van der Waals surface area contributed by atoms with Gasteiger partial charge >= 0.3 is 0 Å². The van der Waals surface area contributed by atoms with Crippen molar-refractivity contribution in [3.05, 3.63) is 18.2 Å². The average molecular weight is 354 g/mol. The van der Waals surface area contributed by atoms with Gasteiger partial charge in [-0.25, -0.2) is 16.8 Å². The van der Waals surface area contributed by atoms with Crippen LogP contribution in [-0.2, 0) is 19.7 Å². The molecule has 0 saturated heterocycles. The molecule has 1 N–H and O–H groups in total. The molecule has 0 heterocycles. The maximum Gasteiger partial charge on any atom is 0.177 e. The molecule has 0 bridgehead atoms. The van der Waals surface area contributed by atoms with Gasteiger partial charge in [0.2, 0.25) is 0 Å². The van der Waals surface area contributed by atoms with Gasteiger partial charge < -0.3 is 5.32 Å². The monoisotopic (exact) mass is 353 g/mol. The number of hydrogen-bond acceptors (Lipinski definition) is 5. The summed E-state index contributed by atoms with van der Waals surface area (Å²) >= 11 is 5.73. The molecule has 0 unspecified atom stereocenters. The lowest BCUT2D eigenvalue weighted by atomic mass is 10.0. The minimum absolute atomic E-state index is 0.0244. The first-order chi connectivity index (χ1) is 9.37. The van der Waals surface area contributed by atoms with Crippen LogP contribution >= 0.6 is 11.6 Å². The van der Waals surface area contributed by atoms with Crippen LogP contribution in [0.15, 0.2) is 28.0 Å². The van der Waals surface area contributed by atoms with Crippen LogP contribution in [0, 0.1) is 0 Å². The summed E-state index contributed by atoms with van der Waals surface area (Å²) in [7, 11) is -7.03. The summed E-state index contributed by atoms with van der Waals surface area (Å²) in [5.74, 6) is 0.426. The molecule has 0 aromatic heterocycles. The van der Waals surface area contributed by atoms with Gasteiger partial charge in [0.15, 0.2) is 19.7 Å². The number of halogens is 1. The number of nitrogens with one attached hydrogen (secondary N) is 1. The van der Waals surface area contributed by atoms with Crippen molar-refractivity contribution in [3.8, 4) is 0 Å². The summed E-state index contributed by atoms with van der Waals surface area (Å²) in [6.07, 6.45) is 2.72. The highest BCUT2D eigenvalue weighted by Crippen LogP contribution is 2.28. The van der Waals surface area contributed by atoms with E-state index in [1.54, 1.807) is 0 Å². The molecule has 0 aliphatic rings. The molecule has 0 fully saturated rings. The zero-order valence-corrected chi connectivity index (χ0v) is 14.9. The topological polar surface area (TPSA) is 80.3 Å². The Hall–Kier alpha value is -0.790. The first kappa shape index (κ1) is 18.3. The van der Waals surface area contributed by atoms with E-state index in [9.17, 15) is 16.8 Å². The SMILES string of the molecule is CC(C)(CCCl)Nc1ccc(S(C)(=O)=O)cc1S(C)(=O)=O. The average Bonchev–Trinajstić information content (AvgIpc) is 2.25. The van der Waals surface area contributed by atoms with E-state index in [-0.39, 0.29) is 9.79 Å². The fourth-order valence-corrected chi connectivity index (χ4v) is 3.86. The Labute approximate surface area is 131 Å². The summed E-state index contributed by atoms with van der Waals surface area (Å²) in [4.78, 5) is -0.0586. The molecule has 5 nitrogen and oxygen atoms in total. The van der Waals surface area contributed by atoms with Crippen molar-refractivity contribution in [1.29, 1.82) is 0 Å². The van der Waals surface area contributed by atoms with Gasteiger partial charge in [-0.15, -0.1) is 11.6 Å². The summed E-state index contributed by atoms with van der Waals surface area (Å²) in [5.41, 5.74) is -0.0339. The highest BCUT2D eigenvalue weighted by molar-refractivity contribution is 7.91. The Morgan fingerprint density at radius 3 is 2.10 bits per heavy atom. The second-order valence-corrected chi connectivity index (χ2v) is 10.0. The molecule has 1 aromatic carbocycles. The second kappa shape index (κ2) is 6.14. The number of benzene rings is 1. The van der Waals surface area contributed by atoms with E-state index >= 15 is 0 Å². The quantitative estimate of drug-likeness (QED) is 0.794. The van der Waals surface area contributed by atoms with Crippen LogP contribution in [0.5, 0.6) is 0 Å². The minimum Gasteiger partial charge on any atom is -0.379 e. The standard InChI is InChI=1S/C13H20ClNO4S2/c1-13(2,7-8-14)15-11-6-5-10(20(3,16)17)9-12(11)21(4,18)19/h5-6,9,15H,7-8H2,1-4H3. The third-order valence-electron chi connectivity index (χ3n) is 2.97. The van der Waals surface area contributed by atoms with Gasteiger partial charge in [-0.2, -0.15) is 0 Å². The molecule has 0 spiro atoms. The molecular weight excluding hydrogens is 334 g/mol. The molecule has 120 valence electrons. The molecule has 1 aromatic rings. The Kier molecular flexibility index (Phi) is 5.34. The van der Waals surface area contributed by atoms with Crippen LogP contribution in [0.1, 0.15) is 20.3 Å². The first-order valence-corrected chi connectivity index (χ1v) is 10.6. The fraction of sp³-hybridized carbons (Fsp3) is 0.538. The van der Waals surface area contributed by atoms with Crippen LogP contribution in [0.3, 0.4) is 0 Å². The lowest BCUT2D eigenvalue weighted by Crippen LogP contribution is -2.32. The third-order valence-corrected chi connectivity index (χ3v) is 5.41. The van der Waals surface area contributed by atoms with E-state index in [1.807, 2.05) is 13.8 Å². The number of hydrogen-bond donors (Lipinski definition) is 1. The largest absolute Gasteiger partial charge is 0.379 e. The van der Waals surface area contributed by atoms with Gasteiger partial charge in [-0.1, -0.05) is 0 Å². The van der Waals surface area contributed by atoms with Crippen molar-refractivity contribution in [3.63, 3.8) is 0 Å². The lowest BCUT2D eigenvalue weighted by molar-refractivity contribution is 0.548. The maximum atomic E-state index is 11.9. The van der Waals surface area contributed by atoms with Gasteiger partial charge in [0.05, 0.1) is 15.5 Å². The maximum absolute atomic E-state index is 11.9. The minimum atomic E-state index is -3.56. The number of rotatable bonds is 6. The molecule has 0 radical (unpaired) electrons. The number of anilines is 1. The highest BCUT2D eigenvalue weighted by atomic mass is 35.5. The Bertz CT molecular complexity index is 725.